The van der Waals surface area contributed by atoms with Crippen molar-refractivity contribution in [2.24, 2.45) is 17.8 Å². The molecule has 0 unspecified atom stereocenters. The van der Waals surface area contributed by atoms with E-state index in [1.807, 2.05) is 4.90 Å². The van der Waals surface area contributed by atoms with Crippen molar-refractivity contribution in [1.82, 2.24) is 10.2 Å². The number of benzene rings is 1. The van der Waals surface area contributed by atoms with Crippen molar-refractivity contribution in [2.45, 2.75) is 57.6 Å². The molecule has 4 rings (SSSR count). The fourth-order valence-corrected chi connectivity index (χ4v) is 5.29. The van der Waals surface area contributed by atoms with Crippen molar-refractivity contribution in [3.05, 3.63) is 35.1 Å². The second-order valence-electron chi connectivity index (χ2n) is 8.81. The molecule has 2 aliphatic carbocycles. The molecule has 6 heteroatoms. The van der Waals surface area contributed by atoms with Gasteiger partial charge in [0, 0.05) is 24.6 Å². The van der Waals surface area contributed by atoms with Crippen LogP contribution in [0.25, 0.3) is 0 Å². The van der Waals surface area contributed by atoms with E-state index in [1.54, 1.807) is 13.0 Å². The van der Waals surface area contributed by atoms with E-state index in [0.29, 0.717) is 36.7 Å². The van der Waals surface area contributed by atoms with Gasteiger partial charge < -0.3 is 15.3 Å². The van der Waals surface area contributed by atoms with Crippen LogP contribution in [-0.4, -0.2) is 47.1 Å². The van der Waals surface area contributed by atoms with Gasteiger partial charge in [0.05, 0.1) is 12.1 Å². The lowest BCUT2D eigenvalue weighted by atomic mass is 9.82. The molecule has 1 heterocycles. The first-order chi connectivity index (χ1) is 13.4. The van der Waals surface area contributed by atoms with Gasteiger partial charge in [0.2, 0.25) is 5.91 Å². The Hall–Kier alpha value is -1.95. The average molecular weight is 388 g/mol. The number of fused-ring (bicyclic) bond motifs is 1. The highest BCUT2D eigenvalue weighted by Gasteiger charge is 2.42. The van der Waals surface area contributed by atoms with Crippen LogP contribution < -0.4 is 5.32 Å². The van der Waals surface area contributed by atoms with E-state index in [1.165, 1.54) is 31.4 Å². The van der Waals surface area contributed by atoms with Gasteiger partial charge in [0.1, 0.15) is 5.82 Å². The van der Waals surface area contributed by atoms with E-state index in [2.05, 4.69) is 5.32 Å². The Labute approximate surface area is 165 Å². The van der Waals surface area contributed by atoms with E-state index >= 15 is 0 Å². The van der Waals surface area contributed by atoms with Gasteiger partial charge in [-0.2, -0.15) is 0 Å². The van der Waals surface area contributed by atoms with Crippen molar-refractivity contribution in [3.63, 3.8) is 0 Å². The minimum atomic E-state index is -0.681. The Balaban J connectivity index is 1.40. The predicted octanol–water partition coefficient (Wildman–Crippen LogP) is 2.65. The van der Waals surface area contributed by atoms with Crippen LogP contribution in [0.2, 0.25) is 0 Å². The number of carbonyl (C=O) groups is 2. The number of amides is 2. The molecule has 5 atom stereocenters. The van der Waals surface area contributed by atoms with Crippen LogP contribution in [0.3, 0.4) is 0 Å². The Morgan fingerprint density at radius 3 is 2.57 bits per heavy atom. The topological polar surface area (TPSA) is 69.6 Å². The van der Waals surface area contributed by atoms with Gasteiger partial charge in [-0.1, -0.05) is 12.5 Å². The lowest BCUT2D eigenvalue weighted by Gasteiger charge is -2.35. The van der Waals surface area contributed by atoms with Gasteiger partial charge in [-0.05, 0) is 68.6 Å². The van der Waals surface area contributed by atoms with Crippen molar-refractivity contribution >= 4 is 11.8 Å². The van der Waals surface area contributed by atoms with Gasteiger partial charge in [-0.15, -0.1) is 0 Å². The van der Waals surface area contributed by atoms with Crippen molar-refractivity contribution in [2.75, 3.05) is 13.1 Å². The van der Waals surface area contributed by atoms with Crippen LogP contribution in [0.1, 0.15) is 54.4 Å². The van der Waals surface area contributed by atoms with Gasteiger partial charge in [-0.25, -0.2) is 4.39 Å². The summed E-state index contributed by atoms with van der Waals surface area (Å²) < 4.78 is 13.5. The SMILES string of the molecule is Cc1ccc(F)cc1C(=O)N[C@@H]1C[C@@H](C(=O)N2C[C@H]3CCC[C@H]3C2)CC[C@H]1O. The van der Waals surface area contributed by atoms with Crippen molar-refractivity contribution in [3.8, 4) is 0 Å². The summed E-state index contributed by atoms with van der Waals surface area (Å²) in [5.41, 5.74) is 0.952. The van der Waals surface area contributed by atoms with E-state index < -0.39 is 23.9 Å². The van der Waals surface area contributed by atoms with Gasteiger partial charge in [0.15, 0.2) is 0 Å². The summed E-state index contributed by atoms with van der Waals surface area (Å²) in [6.07, 6.45) is 4.63. The molecule has 3 aliphatic rings. The van der Waals surface area contributed by atoms with Crippen LogP contribution in [0.4, 0.5) is 4.39 Å². The number of carbonyl (C=O) groups excluding carboxylic acids is 2. The third kappa shape index (κ3) is 3.79. The monoisotopic (exact) mass is 388 g/mol. The molecule has 2 saturated carbocycles. The number of nitrogens with one attached hydrogen (secondary N) is 1. The maximum Gasteiger partial charge on any atom is 0.251 e. The molecule has 3 fully saturated rings. The summed E-state index contributed by atoms with van der Waals surface area (Å²) in [5.74, 6) is 0.454. The maximum atomic E-state index is 13.5. The second-order valence-corrected chi connectivity index (χ2v) is 8.81. The van der Waals surface area contributed by atoms with Crippen LogP contribution in [0.5, 0.6) is 0 Å². The van der Waals surface area contributed by atoms with Crippen LogP contribution in [0, 0.1) is 30.5 Å². The molecular weight excluding hydrogens is 359 g/mol. The summed E-state index contributed by atoms with van der Waals surface area (Å²) in [4.78, 5) is 27.6. The van der Waals surface area contributed by atoms with Crippen molar-refractivity contribution in [1.29, 1.82) is 0 Å². The largest absolute Gasteiger partial charge is 0.391 e. The highest BCUT2D eigenvalue weighted by atomic mass is 19.1. The highest BCUT2D eigenvalue weighted by molar-refractivity contribution is 5.95. The molecular formula is C22H29FN2O3. The minimum Gasteiger partial charge on any atom is -0.391 e. The zero-order valence-corrected chi connectivity index (χ0v) is 16.4. The number of aryl methyl sites for hydroxylation is 1. The lowest BCUT2D eigenvalue weighted by molar-refractivity contribution is -0.137. The van der Waals surface area contributed by atoms with Gasteiger partial charge >= 0.3 is 0 Å². The van der Waals surface area contributed by atoms with Gasteiger partial charge in [-0.3, -0.25) is 9.59 Å². The summed E-state index contributed by atoms with van der Waals surface area (Å²) in [7, 11) is 0. The highest BCUT2D eigenvalue weighted by Crippen LogP contribution is 2.39. The smallest absolute Gasteiger partial charge is 0.251 e. The first-order valence-electron chi connectivity index (χ1n) is 10.5. The molecule has 28 heavy (non-hydrogen) atoms. The lowest BCUT2D eigenvalue weighted by Crippen LogP contribution is -2.50. The van der Waals surface area contributed by atoms with Crippen LogP contribution >= 0.6 is 0 Å². The van der Waals surface area contributed by atoms with Crippen molar-refractivity contribution < 1.29 is 19.1 Å². The number of hydrogen-bond donors (Lipinski definition) is 2. The zero-order valence-electron chi connectivity index (χ0n) is 16.4. The number of likely N-dealkylation sites (tertiary alicyclic amines) is 1. The average Bonchev–Trinajstić information content (AvgIpc) is 3.27. The van der Waals surface area contributed by atoms with E-state index in [0.717, 1.165) is 13.1 Å². The Morgan fingerprint density at radius 2 is 1.86 bits per heavy atom. The summed E-state index contributed by atoms with van der Waals surface area (Å²) in [5, 5.41) is 13.2. The Bertz CT molecular complexity index is 756. The first-order valence-corrected chi connectivity index (χ1v) is 10.5. The molecule has 1 saturated heterocycles. The number of hydrogen-bond acceptors (Lipinski definition) is 3. The number of rotatable bonds is 3. The first kappa shape index (κ1) is 19.4. The molecule has 2 amide bonds. The maximum absolute atomic E-state index is 13.5. The van der Waals surface area contributed by atoms with Crippen LogP contribution in [0.15, 0.2) is 18.2 Å². The third-order valence-electron chi connectivity index (χ3n) is 6.96. The number of aliphatic hydroxyl groups is 1. The third-order valence-corrected chi connectivity index (χ3v) is 6.96. The second kappa shape index (κ2) is 7.82. The fourth-order valence-electron chi connectivity index (χ4n) is 5.29. The molecule has 152 valence electrons. The zero-order chi connectivity index (χ0) is 19.8. The number of aliphatic hydroxyl groups excluding tert-OH is 1. The van der Waals surface area contributed by atoms with E-state index in [4.69, 9.17) is 0 Å². The van der Waals surface area contributed by atoms with Gasteiger partial charge in [0.25, 0.3) is 5.91 Å². The quantitative estimate of drug-likeness (QED) is 0.836. The minimum absolute atomic E-state index is 0.166. The predicted molar refractivity (Wildman–Crippen MR) is 103 cm³/mol. The molecule has 1 aliphatic heterocycles. The number of nitrogens with zero attached hydrogens (tertiary/aromatic N) is 1. The molecule has 2 N–H and O–H groups in total. The van der Waals surface area contributed by atoms with E-state index in [9.17, 15) is 19.1 Å². The fraction of sp³-hybridized carbons (Fsp3) is 0.636. The molecule has 0 spiro atoms. The molecule has 1 aromatic rings. The van der Waals surface area contributed by atoms with E-state index in [-0.39, 0.29) is 17.4 Å². The Morgan fingerprint density at radius 1 is 1.14 bits per heavy atom. The summed E-state index contributed by atoms with van der Waals surface area (Å²) in [6.45, 7) is 3.48. The standard InChI is InChI=1S/C22H29FN2O3/c1-13-5-7-17(23)10-18(13)21(27)24-19-9-14(6-8-20(19)26)22(28)25-11-15-3-2-4-16(15)12-25/h5,7,10,14-16,19-20,26H,2-4,6,8-9,11-12H2,1H3,(H,24,27)/t14-,15-,16+,19+,20+/m0/s1. The molecule has 5 nitrogen and oxygen atoms in total. The van der Waals surface area contributed by atoms with Crippen LogP contribution in [-0.2, 0) is 4.79 Å². The molecule has 0 bridgehead atoms. The summed E-state index contributed by atoms with van der Waals surface area (Å²) >= 11 is 0. The number of halogens is 1. The molecule has 0 radical (unpaired) electrons. The summed E-state index contributed by atoms with van der Waals surface area (Å²) in [6, 6.07) is 3.62. The Kier molecular flexibility index (Phi) is 5.41. The molecule has 0 aromatic heterocycles. The molecule has 1 aromatic carbocycles. The normalized spacial score (nSPS) is 32.2.